The molecule has 7 nitrogen and oxygen atoms in total. The molecule has 0 spiro atoms. The first-order valence-corrected chi connectivity index (χ1v) is 6.69. The first-order chi connectivity index (χ1) is 10.2. The van der Waals surface area contributed by atoms with E-state index in [1.165, 1.54) is 4.90 Å². The van der Waals surface area contributed by atoms with Crippen molar-refractivity contribution in [2.75, 3.05) is 18.1 Å². The van der Waals surface area contributed by atoms with E-state index in [1.54, 1.807) is 0 Å². The van der Waals surface area contributed by atoms with Gasteiger partial charge in [-0.2, -0.15) is 5.26 Å². The van der Waals surface area contributed by atoms with E-state index in [-0.39, 0.29) is 24.6 Å². The molecule has 3 rings (SSSR count). The van der Waals surface area contributed by atoms with E-state index in [9.17, 15) is 10.1 Å². The van der Waals surface area contributed by atoms with Crippen LogP contribution in [-0.2, 0) is 10.2 Å². The van der Waals surface area contributed by atoms with Crippen LogP contribution in [0, 0.1) is 11.3 Å². The van der Waals surface area contributed by atoms with Crippen molar-refractivity contribution in [3.8, 4) is 6.07 Å². The van der Waals surface area contributed by atoms with Gasteiger partial charge in [-0.05, 0) is 36.1 Å². The average Bonchev–Trinajstić information content (AvgIpc) is 3.23. The van der Waals surface area contributed by atoms with Crippen LogP contribution in [0.2, 0.25) is 0 Å². The summed E-state index contributed by atoms with van der Waals surface area (Å²) in [6.45, 7) is 0.383. The number of nitrogens with zero attached hydrogens (tertiary/aromatic N) is 5. The molecular formula is C14H13N5O2. The molecule has 106 valence electrons. The summed E-state index contributed by atoms with van der Waals surface area (Å²) in [6, 6.07) is 9.43. The van der Waals surface area contributed by atoms with Crippen molar-refractivity contribution in [1.82, 2.24) is 0 Å². The highest BCUT2D eigenvalue weighted by atomic mass is 16.6. The number of cyclic esters (lactones) is 1. The zero-order valence-electron chi connectivity index (χ0n) is 11.3. The second-order valence-electron chi connectivity index (χ2n) is 5.25. The number of carbonyl (C=O) groups is 1. The van der Waals surface area contributed by atoms with E-state index in [0.29, 0.717) is 5.69 Å². The van der Waals surface area contributed by atoms with Crippen molar-refractivity contribution in [2.24, 2.45) is 5.11 Å². The number of azide groups is 1. The quantitative estimate of drug-likeness (QED) is 0.482. The number of nitriles is 1. The van der Waals surface area contributed by atoms with Crippen LogP contribution < -0.4 is 4.90 Å². The van der Waals surface area contributed by atoms with Crippen molar-refractivity contribution in [3.05, 3.63) is 40.3 Å². The SMILES string of the molecule is N#CC1(c2ccc(N3C(=O)OC[C@H]3CN=[N+]=[N-])cc2)CC1. The van der Waals surface area contributed by atoms with E-state index >= 15 is 0 Å². The fraction of sp³-hybridized carbons (Fsp3) is 0.429. The van der Waals surface area contributed by atoms with Gasteiger partial charge in [0, 0.05) is 10.6 Å². The maximum absolute atomic E-state index is 11.8. The summed E-state index contributed by atoms with van der Waals surface area (Å²) in [5.41, 5.74) is 9.72. The highest BCUT2D eigenvalue weighted by Gasteiger charge is 2.45. The number of carbonyl (C=O) groups excluding carboxylic acids is 1. The first-order valence-electron chi connectivity index (χ1n) is 6.69. The van der Waals surface area contributed by atoms with Crippen LogP contribution in [0.25, 0.3) is 10.4 Å². The minimum Gasteiger partial charge on any atom is -0.447 e. The number of hydrogen-bond acceptors (Lipinski definition) is 4. The van der Waals surface area contributed by atoms with E-state index < -0.39 is 6.09 Å². The lowest BCUT2D eigenvalue weighted by atomic mass is 9.97. The summed E-state index contributed by atoms with van der Waals surface area (Å²) >= 11 is 0. The van der Waals surface area contributed by atoms with Crippen LogP contribution in [-0.4, -0.2) is 25.3 Å². The molecule has 2 aliphatic rings. The monoisotopic (exact) mass is 283 g/mol. The van der Waals surface area contributed by atoms with Gasteiger partial charge in [-0.25, -0.2) is 4.79 Å². The van der Waals surface area contributed by atoms with Gasteiger partial charge in [0.25, 0.3) is 0 Å². The summed E-state index contributed by atoms with van der Waals surface area (Å²) in [7, 11) is 0. The predicted octanol–water partition coefficient (Wildman–Crippen LogP) is 2.88. The normalized spacial score (nSPS) is 22.1. The van der Waals surface area contributed by atoms with Crippen LogP contribution in [0.1, 0.15) is 18.4 Å². The molecule has 1 amide bonds. The third-order valence-corrected chi connectivity index (χ3v) is 3.98. The summed E-state index contributed by atoms with van der Waals surface area (Å²) in [4.78, 5) is 16.0. The van der Waals surface area contributed by atoms with Gasteiger partial charge >= 0.3 is 6.09 Å². The molecule has 0 aromatic heterocycles. The molecule has 0 radical (unpaired) electrons. The van der Waals surface area contributed by atoms with E-state index in [4.69, 9.17) is 10.3 Å². The lowest BCUT2D eigenvalue weighted by Crippen LogP contribution is -2.35. The Morgan fingerprint density at radius 3 is 2.76 bits per heavy atom. The van der Waals surface area contributed by atoms with Crippen molar-refractivity contribution in [3.63, 3.8) is 0 Å². The lowest BCUT2D eigenvalue weighted by Gasteiger charge is -2.20. The molecule has 7 heteroatoms. The van der Waals surface area contributed by atoms with Crippen LogP contribution >= 0.6 is 0 Å². The minimum absolute atomic E-state index is 0.173. The van der Waals surface area contributed by atoms with Crippen molar-refractivity contribution >= 4 is 11.8 Å². The topological polar surface area (TPSA) is 102 Å². The molecule has 1 aromatic carbocycles. The Hall–Kier alpha value is -2.71. The van der Waals surface area contributed by atoms with Gasteiger partial charge in [-0.15, -0.1) is 0 Å². The predicted molar refractivity (Wildman–Crippen MR) is 74.6 cm³/mol. The van der Waals surface area contributed by atoms with Gasteiger partial charge in [0.15, 0.2) is 0 Å². The zero-order valence-corrected chi connectivity index (χ0v) is 11.3. The van der Waals surface area contributed by atoms with Crippen LogP contribution in [0.5, 0.6) is 0 Å². The molecule has 1 atom stereocenters. The van der Waals surface area contributed by atoms with Gasteiger partial charge in [0.05, 0.1) is 24.1 Å². The Kier molecular flexibility index (Phi) is 3.16. The smallest absolute Gasteiger partial charge is 0.414 e. The molecule has 1 aliphatic heterocycles. The molecule has 1 saturated heterocycles. The zero-order chi connectivity index (χ0) is 14.9. The lowest BCUT2D eigenvalue weighted by molar-refractivity contribution is 0.179. The molecule has 1 aromatic rings. The number of anilines is 1. The summed E-state index contributed by atoms with van der Waals surface area (Å²) in [5, 5.41) is 12.7. The minimum atomic E-state index is -0.442. The fourth-order valence-electron chi connectivity index (χ4n) is 2.57. The van der Waals surface area contributed by atoms with Gasteiger partial charge < -0.3 is 4.74 Å². The fourth-order valence-corrected chi connectivity index (χ4v) is 2.57. The van der Waals surface area contributed by atoms with Crippen molar-refractivity contribution in [2.45, 2.75) is 24.3 Å². The Bertz CT molecular complexity index is 653. The van der Waals surface area contributed by atoms with E-state index in [1.807, 2.05) is 24.3 Å². The number of hydrogen-bond donors (Lipinski definition) is 0. The van der Waals surface area contributed by atoms with Gasteiger partial charge in [-0.3, -0.25) is 4.90 Å². The molecule has 21 heavy (non-hydrogen) atoms. The Morgan fingerprint density at radius 2 is 2.19 bits per heavy atom. The van der Waals surface area contributed by atoms with Crippen LogP contribution in [0.4, 0.5) is 10.5 Å². The first kappa shape index (κ1) is 13.3. The average molecular weight is 283 g/mol. The number of amides is 1. The Morgan fingerprint density at radius 1 is 1.48 bits per heavy atom. The van der Waals surface area contributed by atoms with Gasteiger partial charge in [0.2, 0.25) is 0 Å². The third kappa shape index (κ3) is 2.26. The van der Waals surface area contributed by atoms with Crippen LogP contribution in [0.15, 0.2) is 29.4 Å². The van der Waals surface area contributed by atoms with Crippen LogP contribution in [0.3, 0.4) is 0 Å². The summed E-state index contributed by atoms with van der Waals surface area (Å²) in [5.74, 6) is 0. The molecule has 1 aliphatic carbocycles. The molecule has 0 unspecified atom stereocenters. The highest BCUT2D eigenvalue weighted by molar-refractivity contribution is 5.90. The van der Waals surface area contributed by atoms with E-state index in [0.717, 1.165) is 18.4 Å². The number of ether oxygens (including phenoxy) is 1. The third-order valence-electron chi connectivity index (χ3n) is 3.98. The Balaban J connectivity index is 1.84. The van der Waals surface area contributed by atoms with Gasteiger partial charge in [0.1, 0.15) is 6.61 Å². The molecule has 2 fully saturated rings. The molecule has 1 saturated carbocycles. The van der Waals surface area contributed by atoms with Crippen molar-refractivity contribution < 1.29 is 9.53 Å². The van der Waals surface area contributed by atoms with Gasteiger partial charge in [-0.1, -0.05) is 17.2 Å². The van der Waals surface area contributed by atoms with E-state index in [2.05, 4.69) is 16.1 Å². The Labute approximate surface area is 121 Å². The second kappa shape index (κ2) is 5.00. The standard InChI is InChI=1S/C14H13N5O2/c15-9-14(5-6-14)10-1-3-11(4-2-10)19-12(7-17-18-16)8-21-13(19)20/h1-4,12H,5-8H2/t12-/m1/s1. The molecular weight excluding hydrogens is 270 g/mol. The number of rotatable bonds is 4. The van der Waals surface area contributed by atoms with Crippen molar-refractivity contribution in [1.29, 1.82) is 5.26 Å². The number of benzene rings is 1. The summed E-state index contributed by atoms with van der Waals surface area (Å²) < 4.78 is 5.01. The maximum Gasteiger partial charge on any atom is 0.414 e. The summed E-state index contributed by atoms with van der Waals surface area (Å²) in [6.07, 6.45) is 1.32. The highest BCUT2D eigenvalue weighted by Crippen LogP contribution is 2.47. The maximum atomic E-state index is 11.8. The molecule has 1 heterocycles. The molecule has 0 N–H and O–H groups in total. The largest absolute Gasteiger partial charge is 0.447 e. The molecule has 0 bridgehead atoms. The second-order valence-corrected chi connectivity index (χ2v) is 5.25.